The lowest BCUT2D eigenvalue weighted by Gasteiger charge is -2.46. The Bertz CT molecular complexity index is 3230. The number of nitrogens with zero attached hydrogens (tertiary/aromatic N) is 5. The minimum atomic E-state index is -2.80. The van der Waals surface area contributed by atoms with Crippen LogP contribution in [0.5, 0.6) is 11.5 Å². The highest BCUT2D eigenvalue weighted by Gasteiger charge is 2.66. The van der Waals surface area contributed by atoms with E-state index in [1.54, 1.807) is 111 Å². The molecule has 3 fully saturated rings. The topological polar surface area (TPSA) is 296 Å². The van der Waals surface area contributed by atoms with Gasteiger partial charge in [0.1, 0.15) is 46.8 Å². The van der Waals surface area contributed by atoms with Gasteiger partial charge in [0, 0.05) is 16.5 Å². The monoisotopic (exact) mass is 1150 g/mol. The van der Waals surface area contributed by atoms with Gasteiger partial charge in [0.15, 0.2) is 22.3 Å². The average Bonchev–Trinajstić information content (AvgIpc) is 2.43. The van der Waals surface area contributed by atoms with Gasteiger partial charge in [0.05, 0.1) is 30.6 Å². The molecular formula is C56H61N7O18S. The fourth-order valence-corrected chi connectivity index (χ4v) is 9.77. The van der Waals surface area contributed by atoms with E-state index in [0.717, 1.165) is 16.2 Å². The highest BCUT2D eigenvalue weighted by molar-refractivity contribution is 7.14. The number of esters is 3. The van der Waals surface area contributed by atoms with Crippen LogP contribution in [0, 0.1) is 0 Å². The Labute approximate surface area is 474 Å². The Kier molecular flexibility index (Phi) is 14.7. The summed E-state index contributed by atoms with van der Waals surface area (Å²) in [5.74, 6) is -9.15. The van der Waals surface area contributed by atoms with Gasteiger partial charge in [0.25, 0.3) is 29.2 Å². The number of carbonyl (C=O) groups is 9. The molecule has 9 rings (SSSR count). The Hall–Kier alpha value is -8.65. The third kappa shape index (κ3) is 11.5. The molecule has 2 N–H and O–H groups in total. The number of anilines is 1. The first-order valence-electron chi connectivity index (χ1n) is 25.9. The standard InChI is InChI=1S/C56H61N7O18S/c1-50(2,3)77-45(69)54(28-61(29-54)49(72)80-53(10,11)12)81-60-39(35-27-82-47(58-35)59-48(71)79-52(7,8)9)40(64)57-34-26-73-63(43(34)67)55(46(70)78-51(4,5)6)25-36(44(68)76-55)62-41(65)32-23-37-38(24-33(32)42(62)66)75-56(74-37,30-19-15-13-16-20-30)31-21-17-14-18-22-31/h13-24,27,34,36H,25-26,28-29H2,1-12H3,(H,57,64)(H,58,59,71)/b60-39-/t34-,36-,55?/m0/s1. The maximum atomic E-state index is 14.7. The number of carbonyl (C=O) groups excluding carboxylic acids is 9. The summed E-state index contributed by atoms with van der Waals surface area (Å²) in [5.41, 5.74) is -8.99. The maximum Gasteiger partial charge on any atom is 0.413 e. The Balaban J connectivity index is 0.987. The zero-order valence-electron chi connectivity index (χ0n) is 47.0. The maximum absolute atomic E-state index is 14.7. The van der Waals surface area contributed by atoms with E-state index in [0.29, 0.717) is 21.1 Å². The molecule has 5 aliphatic rings. The molecular weight excluding hydrogens is 1090 g/mol. The number of cyclic esters (lactones) is 1. The van der Waals surface area contributed by atoms with Crippen LogP contribution >= 0.6 is 11.3 Å². The van der Waals surface area contributed by atoms with Crippen molar-refractivity contribution >= 4 is 75.9 Å². The summed E-state index contributed by atoms with van der Waals surface area (Å²) in [6.45, 7) is 17.6. The molecule has 0 saturated carbocycles. The minimum absolute atomic E-state index is 0.0771. The van der Waals surface area contributed by atoms with Gasteiger partial charge in [-0.1, -0.05) is 65.8 Å². The molecule has 1 aromatic heterocycles. The van der Waals surface area contributed by atoms with E-state index < -0.39 is 137 Å². The number of imide groups is 1. The fourth-order valence-electron chi connectivity index (χ4n) is 9.09. The summed E-state index contributed by atoms with van der Waals surface area (Å²) in [6.07, 6.45) is -2.56. The van der Waals surface area contributed by atoms with Crippen molar-refractivity contribution in [3.05, 3.63) is 106 Å². The lowest BCUT2D eigenvalue weighted by Crippen LogP contribution is -2.69. The molecule has 26 heteroatoms. The predicted molar refractivity (Wildman–Crippen MR) is 286 cm³/mol. The zero-order valence-corrected chi connectivity index (χ0v) is 47.8. The molecule has 6 amide bonds. The lowest BCUT2D eigenvalue weighted by molar-refractivity contribution is -0.263. The first kappa shape index (κ1) is 58.0. The number of aromatic nitrogens is 1. The molecule has 0 radical (unpaired) electrons. The number of benzene rings is 3. The predicted octanol–water partition coefficient (Wildman–Crippen LogP) is 6.12. The summed E-state index contributed by atoms with van der Waals surface area (Å²) in [4.78, 5) is 144. The van der Waals surface area contributed by atoms with Crippen molar-refractivity contribution in [2.45, 2.75) is 141 Å². The zero-order chi connectivity index (χ0) is 59.7. The van der Waals surface area contributed by atoms with Crippen LogP contribution in [0.4, 0.5) is 14.7 Å². The van der Waals surface area contributed by atoms with E-state index in [1.807, 2.05) is 12.1 Å². The molecule has 434 valence electrons. The summed E-state index contributed by atoms with van der Waals surface area (Å²) in [6, 6.07) is 17.2. The molecule has 1 unspecified atom stereocenters. The molecule has 0 bridgehead atoms. The van der Waals surface area contributed by atoms with Crippen molar-refractivity contribution in [3.63, 3.8) is 0 Å². The van der Waals surface area contributed by atoms with Crippen molar-refractivity contribution in [2.24, 2.45) is 5.16 Å². The molecule has 82 heavy (non-hydrogen) atoms. The Morgan fingerprint density at radius 1 is 0.695 bits per heavy atom. The number of hydrogen-bond acceptors (Lipinski definition) is 21. The van der Waals surface area contributed by atoms with Crippen LogP contribution in [-0.4, -0.2) is 145 Å². The van der Waals surface area contributed by atoms with Crippen LogP contribution in [0.2, 0.25) is 0 Å². The number of amides is 6. The van der Waals surface area contributed by atoms with E-state index in [9.17, 15) is 43.2 Å². The van der Waals surface area contributed by atoms with Crippen molar-refractivity contribution in [2.75, 3.05) is 25.0 Å². The van der Waals surface area contributed by atoms with E-state index in [4.69, 9.17) is 42.8 Å². The largest absolute Gasteiger partial charge is 0.457 e. The van der Waals surface area contributed by atoms with Crippen LogP contribution < -0.4 is 20.1 Å². The van der Waals surface area contributed by atoms with Gasteiger partial charge < -0.3 is 43.3 Å². The summed E-state index contributed by atoms with van der Waals surface area (Å²) in [5, 5.41) is 10.6. The van der Waals surface area contributed by atoms with Crippen molar-refractivity contribution in [3.8, 4) is 11.5 Å². The van der Waals surface area contributed by atoms with E-state index in [1.165, 1.54) is 38.3 Å². The van der Waals surface area contributed by atoms with Gasteiger partial charge in [0.2, 0.25) is 0 Å². The molecule has 4 aromatic rings. The summed E-state index contributed by atoms with van der Waals surface area (Å²) < 4.78 is 41.0. The minimum Gasteiger partial charge on any atom is -0.457 e. The normalized spacial score (nSPS) is 21.1. The second kappa shape index (κ2) is 20.7. The van der Waals surface area contributed by atoms with Crippen molar-refractivity contribution < 1.29 is 86.0 Å². The SMILES string of the molecule is CC(C)(C)OC(=O)Nc1nc(/C(=N/OC2(C(=O)OC(C)(C)C)CN(C(=O)OC(C)(C)C)C2)C(=O)N[C@H]2CON(C3(C(=O)OC(C)(C)C)C[C@H](N4C(=O)c5cc6c(cc5C4=O)OC(c4ccccc4)(c4ccccc4)O6)C(=O)O3)C2=O)cs1. The fraction of sp³-hybridized carbons (Fsp3) is 0.446. The van der Waals surface area contributed by atoms with Gasteiger partial charge in [-0.15, -0.1) is 11.3 Å². The highest BCUT2D eigenvalue weighted by Crippen LogP contribution is 2.50. The molecule has 6 heterocycles. The summed E-state index contributed by atoms with van der Waals surface area (Å²) in [7, 11) is 0. The quantitative estimate of drug-likeness (QED) is 0.0530. The van der Waals surface area contributed by atoms with E-state index in [-0.39, 0.29) is 33.5 Å². The van der Waals surface area contributed by atoms with Crippen LogP contribution in [0.1, 0.15) is 127 Å². The molecule has 3 aromatic carbocycles. The smallest absolute Gasteiger partial charge is 0.413 e. The molecule has 0 spiro atoms. The third-order valence-electron chi connectivity index (χ3n) is 12.5. The van der Waals surface area contributed by atoms with Gasteiger partial charge >= 0.3 is 41.6 Å². The number of likely N-dealkylation sites (tertiary alicyclic amines) is 1. The van der Waals surface area contributed by atoms with Crippen LogP contribution in [0.3, 0.4) is 0 Å². The van der Waals surface area contributed by atoms with Gasteiger partial charge in [-0.3, -0.25) is 39.1 Å². The number of nitrogens with one attached hydrogen (secondary N) is 2. The number of ether oxygens (including phenoxy) is 7. The highest BCUT2D eigenvalue weighted by atomic mass is 32.1. The Morgan fingerprint density at radius 2 is 1.22 bits per heavy atom. The molecule has 3 saturated heterocycles. The van der Waals surface area contributed by atoms with Gasteiger partial charge in [-0.2, -0.15) is 5.06 Å². The Morgan fingerprint density at radius 3 is 1.74 bits per heavy atom. The van der Waals surface area contributed by atoms with Crippen LogP contribution in [0.25, 0.3) is 0 Å². The molecule has 0 aliphatic carbocycles. The number of thiazole rings is 1. The second-order valence-electron chi connectivity index (χ2n) is 23.8. The lowest BCUT2D eigenvalue weighted by atomic mass is 9.94. The van der Waals surface area contributed by atoms with E-state index >= 15 is 0 Å². The van der Waals surface area contributed by atoms with Crippen molar-refractivity contribution in [1.82, 2.24) is 25.2 Å². The number of fused-ring (bicyclic) bond motifs is 2. The molecule has 5 aliphatic heterocycles. The van der Waals surface area contributed by atoms with Crippen molar-refractivity contribution in [1.29, 1.82) is 0 Å². The number of rotatable bonds is 12. The first-order valence-corrected chi connectivity index (χ1v) is 26.8. The second-order valence-corrected chi connectivity index (χ2v) is 24.6. The van der Waals surface area contributed by atoms with Gasteiger partial charge in [-0.25, -0.2) is 29.0 Å². The number of hydrogen-bond donors (Lipinski definition) is 2. The first-order chi connectivity index (χ1) is 38.2. The van der Waals surface area contributed by atoms with E-state index in [2.05, 4.69) is 20.8 Å². The number of oxime groups is 1. The molecule has 3 atom stereocenters. The van der Waals surface area contributed by atoms with Gasteiger partial charge in [-0.05, 0) is 95.2 Å². The average molecular weight is 1150 g/mol. The molecule has 25 nitrogen and oxygen atoms in total. The van der Waals surface area contributed by atoms with Crippen LogP contribution in [0.15, 0.2) is 83.3 Å². The third-order valence-corrected chi connectivity index (χ3v) is 13.3. The summed E-state index contributed by atoms with van der Waals surface area (Å²) >= 11 is 0.840. The number of hydroxylamine groups is 2. The van der Waals surface area contributed by atoms with Crippen LogP contribution in [-0.2, 0) is 63.1 Å².